The van der Waals surface area contributed by atoms with Crippen LogP contribution >= 0.6 is 0 Å². The molecule has 25 heavy (non-hydrogen) atoms. The average Bonchev–Trinajstić information content (AvgIpc) is 2.64. The zero-order valence-corrected chi connectivity index (χ0v) is 14.9. The van der Waals surface area contributed by atoms with Gasteiger partial charge in [-0.15, -0.1) is 5.10 Å². The van der Waals surface area contributed by atoms with Gasteiger partial charge in [0.15, 0.2) is 5.82 Å². The van der Waals surface area contributed by atoms with Gasteiger partial charge in [-0.3, -0.25) is 0 Å². The van der Waals surface area contributed by atoms with Crippen LogP contribution in [0.4, 0.5) is 16.6 Å². The van der Waals surface area contributed by atoms with Gasteiger partial charge < -0.3 is 20.3 Å². The summed E-state index contributed by atoms with van der Waals surface area (Å²) in [7, 11) is 0. The standard InChI is InChI=1S/C17H28N6O2/c1-2-25-17(24)23-10-8-14(9-11-23)20-16-21-15(12-18-22-16)19-13-6-4-3-5-7-13/h12-14H,2-11H2,1H3,(H2,19,20,21,22). The number of hydrogen-bond donors (Lipinski definition) is 2. The molecule has 1 aliphatic carbocycles. The van der Waals surface area contributed by atoms with Crippen molar-refractivity contribution in [3.05, 3.63) is 6.20 Å². The third kappa shape index (κ3) is 5.17. The number of nitrogens with zero attached hydrogens (tertiary/aromatic N) is 4. The van der Waals surface area contributed by atoms with Crippen molar-refractivity contribution in [2.75, 3.05) is 30.3 Å². The lowest BCUT2D eigenvalue weighted by Gasteiger charge is -2.31. The van der Waals surface area contributed by atoms with Crippen molar-refractivity contribution < 1.29 is 9.53 Å². The minimum absolute atomic E-state index is 0.224. The molecule has 3 rings (SSSR count). The van der Waals surface area contributed by atoms with Crippen LogP contribution in [0.15, 0.2) is 6.20 Å². The molecule has 8 nitrogen and oxygen atoms in total. The summed E-state index contributed by atoms with van der Waals surface area (Å²) in [6.07, 6.45) is 9.43. The molecule has 0 bridgehead atoms. The third-order valence-corrected chi connectivity index (χ3v) is 4.87. The Balaban J connectivity index is 1.48. The van der Waals surface area contributed by atoms with Gasteiger partial charge in [0.1, 0.15) is 0 Å². The Morgan fingerprint density at radius 3 is 2.60 bits per heavy atom. The molecular weight excluding hydrogens is 320 g/mol. The number of carbonyl (C=O) groups is 1. The van der Waals surface area contributed by atoms with Gasteiger partial charge in [0.2, 0.25) is 5.95 Å². The Morgan fingerprint density at radius 1 is 1.16 bits per heavy atom. The molecule has 0 unspecified atom stereocenters. The smallest absolute Gasteiger partial charge is 0.409 e. The van der Waals surface area contributed by atoms with Gasteiger partial charge in [0.25, 0.3) is 0 Å². The summed E-state index contributed by atoms with van der Waals surface area (Å²) in [5.41, 5.74) is 0. The first kappa shape index (κ1) is 17.7. The predicted molar refractivity (Wildman–Crippen MR) is 95.6 cm³/mol. The van der Waals surface area contributed by atoms with Crippen molar-refractivity contribution >= 4 is 17.9 Å². The van der Waals surface area contributed by atoms with E-state index < -0.39 is 0 Å². The summed E-state index contributed by atoms with van der Waals surface area (Å²) in [5.74, 6) is 1.34. The lowest BCUT2D eigenvalue weighted by atomic mass is 9.96. The first-order valence-corrected chi connectivity index (χ1v) is 9.39. The van der Waals surface area contributed by atoms with Gasteiger partial charge in [0.05, 0.1) is 12.8 Å². The predicted octanol–water partition coefficient (Wildman–Crippen LogP) is 2.65. The van der Waals surface area contributed by atoms with Crippen LogP contribution in [-0.4, -0.2) is 58.0 Å². The van der Waals surface area contributed by atoms with E-state index in [-0.39, 0.29) is 12.1 Å². The topological polar surface area (TPSA) is 92.3 Å². The molecule has 1 saturated carbocycles. The number of likely N-dealkylation sites (tertiary alicyclic amines) is 1. The highest BCUT2D eigenvalue weighted by Gasteiger charge is 2.24. The minimum atomic E-state index is -0.224. The molecule has 2 fully saturated rings. The SMILES string of the molecule is CCOC(=O)N1CCC(Nc2nncc(NC3CCCCC3)n2)CC1. The van der Waals surface area contributed by atoms with Crippen LogP contribution in [0.25, 0.3) is 0 Å². The van der Waals surface area contributed by atoms with Gasteiger partial charge in [0, 0.05) is 25.2 Å². The van der Waals surface area contributed by atoms with Crippen LogP contribution < -0.4 is 10.6 Å². The lowest BCUT2D eigenvalue weighted by molar-refractivity contribution is 0.0983. The first-order chi connectivity index (χ1) is 12.2. The van der Waals surface area contributed by atoms with Gasteiger partial charge in [-0.25, -0.2) is 4.79 Å². The molecule has 0 spiro atoms. The molecule has 2 N–H and O–H groups in total. The quantitative estimate of drug-likeness (QED) is 0.845. The number of aromatic nitrogens is 3. The Morgan fingerprint density at radius 2 is 1.88 bits per heavy atom. The second-order valence-corrected chi connectivity index (χ2v) is 6.75. The summed E-state index contributed by atoms with van der Waals surface area (Å²) in [6, 6.07) is 0.739. The zero-order valence-electron chi connectivity index (χ0n) is 14.9. The van der Waals surface area contributed by atoms with Crippen LogP contribution in [0.3, 0.4) is 0 Å². The van der Waals surface area contributed by atoms with E-state index in [9.17, 15) is 4.79 Å². The van der Waals surface area contributed by atoms with Crippen molar-refractivity contribution in [2.24, 2.45) is 0 Å². The van der Waals surface area contributed by atoms with Gasteiger partial charge >= 0.3 is 6.09 Å². The van der Waals surface area contributed by atoms with E-state index in [1.54, 1.807) is 11.1 Å². The average molecular weight is 348 g/mol. The van der Waals surface area contributed by atoms with Crippen molar-refractivity contribution in [2.45, 2.75) is 64.0 Å². The highest BCUT2D eigenvalue weighted by molar-refractivity contribution is 5.67. The van der Waals surface area contributed by atoms with Gasteiger partial charge in [-0.05, 0) is 32.6 Å². The zero-order chi connectivity index (χ0) is 17.5. The Bertz CT molecular complexity index is 556. The molecule has 1 aliphatic heterocycles. The monoisotopic (exact) mass is 348 g/mol. The van der Waals surface area contributed by atoms with Gasteiger partial charge in [-0.1, -0.05) is 19.3 Å². The summed E-state index contributed by atoms with van der Waals surface area (Å²) < 4.78 is 5.05. The fraction of sp³-hybridized carbons (Fsp3) is 0.765. The minimum Gasteiger partial charge on any atom is -0.450 e. The lowest BCUT2D eigenvalue weighted by Crippen LogP contribution is -2.42. The molecule has 0 aromatic carbocycles. The molecule has 1 aromatic rings. The highest BCUT2D eigenvalue weighted by Crippen LogP contribution is 2.21. The molecule has 0 atom stereocenters. The highest BCUT2D eigenvalue weighted by atomic mass is 16.6. The Hall–Kier alpha value is -2.12. The van der Waals surface area contributed by atoms with Crippen LogP contribution in [0, 0.1) is 0 Å². The molecule has 8 heteroatoms. The molecule has 0 radical (unpaired) electrons. The van der Waals surface area contributed by atoms with Crippen molar-refractivity contribution in [1.82, 2.24) is 20.1 Å². The maximum Gasteiger partial charge on any atom is 0.409 e. The maximum absolute atomic E-state index is 11.7. The van der Waals surface area contributed by atoms with Crippen molar-refractivity contribution in [1.29, 1.82) is 0 Å². The molecule has 1 saturated heterocycles. The summed E-state index contributed by atoms with van der Waals surface area (Å²) in [6.45, 7) is 3.61. The second kappa shape index (κ2) is 8.82. The van der Waals surface area contributed by atoms with Crippen LogP contribution in [0.1, 0.15) is 51.9 Å². The number of piperidine rings is 1. The number of ether oxygens (including phenoxy) is 1. The number of rotatable bonds is 5. The molecule has 1 aromatic heterocycles. The number of carbonyl (C=O) groups excluding carboxylic acids is 1. The third-order valence-electron chi connectivity index (χ3n) is 4.87. The van der Waals surface area contributed by atoms with E-state index in [0.717, 1.165) is 18.7 Å². The van der Waals surface area contributed by atoms with E-state index >= 15 is 0 Å². The number of nitrogens with one attached hydrogen (secondary N) is 2. The van der Waals surface area contributed by atoms with E-state index in [0.29, 0.717) is 31.7 Å². The van der Waals surface area contributed by atoms with Crippen molar-refractivity contribution in [3.63, 3.8) is 0 Å². The normalized spacial score (nSPS) is 19.5. The molecule has 2 heterocycles. The summed E-state index contributed by atoms with van der Waals surface area (Å²) in [5, 5.41) is 15.0. The van der Waals surface area contributed by atoms with E-state index in [1.807, 2.05) is 6.92 Å². The Kier molecular flexibility index (Phi) is 6.25. The number of hydrogen-bond acceptors (Lipinski definition) is 7. The van der Waals surface area contributed by atoms with E-state index in [2.05, 4.69) is 25.8 Å². The number of amides is 1. The van der Waals surface area contributed by atoms with Crippen LogP contribution in [0.5, 0.6) is 0 Å². The largest absolute Gasteiger partial charge is 0.450 e. The molecule has 2 aliphatic rings. The van der Waals surface area contributed by atoms with E-state index in [1.165, 1.54) is 32.1 Å². The summed E-state index contributed by atoms with van der Waals surface area (Å²) >= 11 is 0. The van der Waals surface area contributed by atoms with Gasteiger partial charge in [-0.2, -0.15) is 10.1 Å². The van der Waals surface area contributed by atoms with E-state index in [4.69, 9.17) is 4.74 Å². The first-order valence-electron chi connectivity index (χ1n) is 9.39. The summed E-state index contributed by atoms with van der Waals surface area (Å²) in [4.78, 5) is 18.0. The van der Waals surface area contributed by atoms with Crippen LogP contribution in [-0.2, 0) is 4.74 Å². The maximum atomic E-state index is 11.7. The second-order valence-electron chi connectivity index (χ2n) is 6.75. The Labute approximate surface area is 148 Å². The molecule has 1 amide bonds. The van der Waals surface area contributed by atoms with Crippen molar-refractivity contribution in [3.8, 4) is 0 Å². The molecule has 138 valence electrons. The molecular formula is C17H28N6O2. The number of anilines is 2. The van der Waals surface area contributed by atoms with Crippen LogP contribution in [0.2, 0.25) is 0 Å². The fourth-order valence-corrected chi connectivity index (χ4v) is 3.49. The fourth-order valence-electron chi connectivity index (χ4n) is 3.49.